The number of aromatic amines is 1. The predicted molar refractivity (Wildman–Crippen MR) is 94.5 cm³/mol. The van der Waals surface area contributed by atoms with Crippen LogP contribution < -0.4 is 10.2 Å². The molecule has 7 nitrogen and oxygen atoms in total. The summed E-state index contributed by atoms with van der Waals surface area (Å²) in [7, 11) is 0. The Hall–Kier alpha value is -2.06. The van der Waals surface area contributed by atoms with Crippen molar-refractivity contribution < 1.29 is 9.53 Å². The van der Waals surface area contributed by atoms with Crippen LogP contribution in [-0.4, -0.2) is 52.6 Å². The molecule has 1 aromatic carbocycles. The smallest absolute Gasteiger partial charge is 0.237 e. The number of ether oxygens (including phenoxy) is 1. The molecule has 1 saturated heterocycles. The summed E-state index contributed by atoms with van der Waals surface area (Å²) in [6.07, 6.45) is 0. The van der Waals surface area contributed by atoms with Crippen LogP contribution in [0.1, 0.15) is 12.7 Å². The second-order valence-corrected chi connectivity index (χ2v) is 6.91. The molecule has 1 fully saturated rings. The quantitative estimate of drug-likeness (QED) is 0.806. The van der Waals surface area contributed by atoms with E-state index in [4.69, 9.17) is 4.74 Å². The summed E-state index contributed by atoms with van der Waals surface area (Å²) < 4.78 is 5.36. The molecule has 1 unspecified atom stereocenters. The molecule has 24 heavy (non-hydrogen) atoms. The molecule has 0 aliphatic carbocycles. The van der Waals surface area contributed by atoms with Crippen molar-refractivity contribution in [1.29, 1.82) is 0 Å². The Bertz CT molecular complexity index is 682. The molecule has 1 amide bonds. The van der Waals surface area contributed by atoms with E-state index in [9.17, 15) is 4.79 Å². The molecular weight excluding hydrogens is 326 g/mol. The van der Waals surface area contributed by atoms with Crippen LogP contribution in [0.3, 0.4) is 0 Å². The van der Waals surface area contributed by atoms with Crippen molar-refractivity contribution in [3.05, 3.63) is 30.1 Å². The number of nitrogens with one attached hydrogen (secondary N) is 2. The van der Waals surface area contributed by atoms with Crippen LogP contribution >= 0.6 is 11.8 Å². The number of rotatable bonds is 5. The molecule has 0 bridgehead atoms. The fraction of sp³-hybridized carbons (Fsp3) is 0.438. The van der Waals surface area contributed by atoms with Crippen LogP contribution in [0, 0.1) is 6.92 Å². The summed E-state index contributed by atoms with van der Waals surface area (Å²) in [6.45, 7) is 6.98. The zero-order valence-electron chi connectivity index (χ0n) is 13.8. The molecule has 0 radical (unpaired) electrons. The summed E-state index contributed by atoms with van der Waals surface area (Å²) >= 11 is 1.33. The number of aryl methyl sites for hydroxylation is 1. The van der Waals surface area contributed by atoms with Gasteiger partial charge in [0.15, 0.2) is 0 Å². The lowest BCUT2D eigenvalue weighted by Crippen LogP contribution is -2.36. The molecule has 1 aliphatic rings. The van der Waals surface area contributed by atoms with Crippen molar-refractivity contribution >= 4 is 29.0 Å². The van der Waals surface area contributed by atoms with E-state index < -0.39 is 0 Å². The number of hydrogen-bond donors (Lipinski definition) is 2. The van der Waals surface area contributed by atoms with Gasteiger partial charge < -0.3 is 15.0 Å². The number of aromatic nitrogens is 3. The van der Waals surface area contributed by atoms with Crippen molar-refractivity contribution in [3.8, 4) is 0 Å². The highest BCUT2D eigenvalue weighted by atomic mass is 32.2. The Morgan fingerprint density at radius 3 is 2.67 bits per heavy atom. The molecular formula is C16H21N5O2S. The van der Waals surface area contributed by atoms with Gasteiger partial charge >= 0.3 is 0 Å². The van der Waals surface area contributed by atoms with Crippen LogP contribution in [-0.2, 0) is 9.53 Å². The zero-order valence-corrected chi connectivity index (χ0v) is 14.6. The molecule has 128 valence electrons. The van der Waals surface area contributed by atoms with E-state index in [-0.39, 0.29) is 11.2 Å². The van der Waals surface area contributed by atoms with E-state index in [1.54, 1.807) is 0 Å². The van der Waals surface area contributed by atoms with E-state index in [2.05, 4.69) is 25.4 Å². The molecule has 2 heterocycles. The molecule has 0 spiro atoms. The fourth-order valence-electron chi connectivity index (χ4n) is 2.41. The number of hydrogen-bond acceptors (Lipinski definition) is 6. The standard InChI is InChI=1S/C16H21N5O2S/c1-11(24-16-17-12(2)19-20-16)15(22)18-13-3-5-14(6-4-13)21-7-9-23-10-8-21/h3-6,11H,7-10H2,1-2H3,(H,18,22)(H,17,19,20). The van der Waals surface area contributed by atoms with Gasteiger partial charge in [-0.2, -0.15) is 0 Å². The number of amides is 1. The number of carbonyl (C=O) groups excluding carboxylic acids is 1. The van der Waals surface area contributed by atoms with Crippen LogP contribution in [0.2, 0.25) is 0 Å². The van der Waals surface area contributed by atoms with Gasteiger partial charge in [-0.1, -0.05) is 11.8 Å². The van der Waals surface area contributed by atoms with Gasteiger partial charge in [0, 0.05) is 24.5 Å². The van der Waals surface area contributed by atoms with Gasteiger partial charge in [0.05, 0.1) is 18.5 Å². The third-order valence-corrected chi connectivity index (χ3v) is 4.70. The summed E-state index contributed by atoms with van der Waals surface area (Å²) in [4.78, 5) is 18.8. The second kappa shape index (κ2) is 7.67. The van der Waals surface area contributed by atoms with Gasteiger partial charge in [-0.15, -0.1) is 5.10 Å². The first-order chi connectivity index (χ1) is 11.6. The van der Waals surface area contributed by atoms with Crippen molar-refractivity contribution in [2.24, 2.45) is 0 Å². The number of carbonyl (C=O) groups is 1. The topological polar surface area (TPSA) is 83.1 Å². The third-order valence-electron chi connectivity index (χ3n) is 3.74. The minimum Gasteiger partial charge on any atom is -0.378 e. The second-order valence-electron chi connectivity index (χ2n) is 5.60. The Morgan fingerprint density at radius 1 is 1.33 bits per heavy atom. The highest BCUT2D eigenvalue weighted by Gasteiger charge is 2.17. The average molecular weight is 347 g/mol. The van der Waals surface area contributed by atoms with E-state index in [1.165, 1.54) is 11.8 Å². The maximum Gasteiger partial charge on any atom is 0.237 e. The van der Waals surface area contributed by atoms with Gasteiger partial charge in [-0.05, 0) is 38.1 Å². The summed E-state index contributed by atoms with van der Waals surface area (Å²) in [5.41, 5.74) is 1.94. The number of thioether (sulfide) groups is 1. The van der Waals surface area contributed by atoms with Crippen molar-refractivity contribution in [2.45, 2.75) is 24.3 Å². The molecule has 1 aromatic heterocycles. The molecule has 2 aromatic rings. The molecule has 1 atom stereocenters. The lowest BCUT2D eigenvalue weighted by Gasteiger charge is -2.28. The zero-order chi connectivity index (χ0) is 16.9. The van der Waals surface area contributed by atoms with Crippen molar-refractivity contribution in [3.63, 3.8) is 0 Å². The lowest BCUT2D eigenvalue weighted by molar-refractivity contribution is -0.115. The van der Waals surface area contributed by atoms with Crippen LogP contribution in [0.25, 0.3) is 0 Å². The number of morpholine rings is 1. The minimum atomic E-state index is -0.279. The van der Waals surface area contributed by atoms with Gasteiger partial charge in [0.25, 0.3) is 0 Å². The highest BCUT2D eigenvalue weighted by Crippen LogP contribution is 2.22. The Kier molecular flexibility index (Phi) is 5.37. The Balaban J connectivity index is 1.55. The lowest BCUT2D eigenvalue weighted by atomic mass is 10.2. The predicted octanol–water partition coefficient (Wildman–Crippen LogP) is 2.07. The van der Waals surface area contributed by atoms with Crippen LogP contribution in [0.4, 0.5) is 11.4 Å². The first-order valence-corrected chi connectivity index (χ1v) is 8.79. The van der Waals surface area contributed by atoms with E-state index in [0.29, 0.717) is 5.16 Å². The minimum absolute atomic E-state index is 0.0680. The maximum atomic E-state index is 12.3. The molecule has 0 saturated carbocycles. The van der Waals surface area contributed by atoms with Gasteiger partial charge in [-0.25, -0.2) is 4.98 Å². The summed E-state index contributed by atoms with van der Waals surface area (Å²) in [5, 5.41) is 10.0. The van der Waals surface area contributed by atoms with Crippen molar-refractivity contribution in [2.75, 3.05) is 36.5 Å². The van der Waals surface area contributed by atoms with E-state index in [0.717, 1.165) is 43.5 Å². The van der Waals surface area contributed by atoms with E-state index in [1.807, 2.05) is 38.1 Å². The van der Waals surface area contributed by atoms with Crippen LogP contribution in [0.5, 0.6) is 0 Å². The van der Waals surface area contributed by atoms with Crippen LogP contribution in [0.15, 0.2) is 29.4 Å². The molecule has 3 rings (SSSR count). The van der Waals surface area contributed by atoms with Crippen molar-refractivity contribution in [1.82, 2.24) is 15.2 Å². The largest absolute Gasteiger partial charge is 0.378 e. The molecule has 2 N–H and O–H groups in total. The average Bonchev–Trinajstić information content (AvgIpc) is 3.01. The monoisotopic (exact) mass is 347 g/mol. The first-order valence-electron chi connectivity index (χ1n) is 7.91. The van der Waals surface area contributed by atoms with Gasteiger partial charge in [-0.3, -0.25) is 9.89 Å². The normalized spacial score (nSPS) is 16.0. The van der Waals surface area contributed by atoms with E-state index >= 15 is 0 Å². The Morgan fingerprint density at radius 2 is 2.04 bits per heavy atom. The fourth-order valence-corrected chi connectivity index (χ4v) is 3.18. The number of nitrogens with zero attached hydrogens (tertiary/aromatic N) is 3. The molecule has 1 aliphatic heterocycles. The summed E-state index contributed by atoms with van der Waals surface area (Å²) in [5.74, 6) is 0.672. The number of H-pyrrole nitrogens is 1. The number of benzene rings is 1. The van der Waals surface area contributed by atoms with Gasteiger partial charge in [0.2, 0.25) is 11.1 Å². The molecule has 8 heteroatoms. The number of anilines is 2. The highest BCUT2D eigenvalue weighted by molar-refractivity contribution is 8.00. The Labute approximate surface area is 145 Å². The third kappa shape index (κ3) is 4.27. The maximum absolute atomic E-state index is 12.3. The first kappa shape index (κ1) is 16.8. The summed E-state index contributed by atoms with van der Waals surface area (Å²) in [6, 6.07) is 7.91. The SMILES string of the molecule is Cc1nc(SC(C)C(=O)Nc2ccc(N3CCOCC3)cc2)n[nH]1. The van der Waals surface area contributed by atoms with Gasteiger partial charge in [0.1, 0.15) is 5.82 Å².